The van der Waals surface area contributed by atoms with Crippen molar-refractivity contribution in [2.24, 2.45) is 0 Å². The Balaban J connectivity index is 1.83. The van der Waals surface area contributed by atoms with E-state index in [1.807, 2.05) is 12.1 Å². The SMILES string of the molecule is COc1cccc(CN(C)C(=O)CCCNC(=O)c2ccc(F)cc2F)c1OC. The first-order chi connectivity index (χ1) is 13.9. The third kappa shape index (κ3) is 5.91. The number of hydrogen-bond acceptors (Lipinski definition) is 4. The number of amides is 2. The first-order valence-corrected chi connectivity index (χ1v) is 9.04. The number of nitrogens with zero attached hydrogens (tertiary/aromatic N) is 1. The molecule has 2 amide bonds. The summed E-state index contributed by atoms with van der Waals surface area (Å²) in [6, 6.07) is 8.20. The number of methoxy groups -OCH3 is 2. The van der Waals surface area contributed by atoms with Crippen LogP contribution in [0, 0.1) is 11.6 Å². The van der Waals surface area contributed by atoms with Crippen LogP contribution in [0.4, 0.5) is 8.78 Å². The van der Waals surface area contributed by atoms with Gasteiger partial charge in [0.05, 0.1) is 19.8 Å². The van der Waals surface area contributed by atoms with E-state index < -0.39 is 17.5 Å². The van der Waals surface area contributed by atoms with E-state index in [0.717, 1.165) is 17.7 Å². The van der Waals surface area contributed by atoms with Gasteiger partial charge in [0.15, 0.2) is 11.5 Å². The molecule has 6 nitrogen and oxygen atoms in total. The molecule has 0 spiro atoms. The lowest BCUT2D eigenvalue weighted by Gasteiger charge is -2.20. The number of carbonyl (C=O) groups excluding carboxylic acids is 2. The minimum Gasteiger partial charge on any atom is -0.493 e. The van der Waals surface area contributed by atoms with E-state index >= 15 is 0 Å². The van der Waals surface area contributed by atoms with E-state index in [9.17, 15) is 18.4 Å². The Kier molecular flexibility index (Phi) is 7.94. The summed E-state index contributed by atoms with van der Waals surface area (Å²) in [4.78, 5) is 25.8. The van der Waals surface area contributed by atoms with Crippen molar-refractivity contribution in [1.82, 2.24) is 10.2 Å². The molecule has 0 unspecified atom stereocenters. The van der Waals surface area contributed by atoms with Gasteiger partial charge in [-0.15, -0.1) is 0 Å². The average Bonchev–Trinajstić information content (AvgIpc) is 2.70. The molecule has 2 rings (SSSR count). The molecule has 1 N–H and O–H groups in total. The van der Waals surface area contributed by atoms with Crippen molar-refractivity contribution in [1.29, 1.82) is 0 Å². The van der Waals surface area contributed by atoms with Crippen LogP contribution in [0.3, 0.4) is 0 Å². The maximum Gasteiger partial charge on any atom is 0.254 e. The second kappa shape index (κ2) is 10.4. The standard InChI is InChI=1S/C21H24F2N2O4/c1-25(13-14-6-4-7-18(28-2)20(14)29-3)19(26)8-5-11-24-21(27)16-10-9-15(22)12-17(16)23/h4,6-7,9-10,12H,5,8,11,13H2,1-3H3,(H,24,27). The van der Waals surface area contributed by atoms with Gasteiger partial charge < -0.3 is 19.7 Å². The number of nitrogens with one attached hydrogen (secondary N) is 1. The molecule has 0 aliphatic heterocycles. The first kappa shape index (κ1) is 22.1. The maximum absolute atomic E-state index is 13.6. The van der Waals surface area contributed by atoms with Gasteiger partial charge in [0.2, 0.25) is 5.91 Å². The topological polar surface area (TPSA) is 67.9 Å². The monoisotopic (exact) mass is 406 g/mol. The molecule has 0 radical (unpaired) electrons. The van der Waals surface area contributed by atoms with Crippen LogP contribution in [-0.2, 0) is 11.3 Å². The lowest BCUT2D eigenvalue weighted by atomic mass is 10.1. The number of hydrogen-bond donors (Lipinski definition) is 1. The molecule has 0 aliphatic rings. The lowest BCUT2D eigenvalue weighted by Crippen LogP contribution is -2.29. The van der Waals surface area contributed by atoms with Crippen molar-refractivity contribution < 1.29 is 27.8 Å². The highest BCUT2D eigenvalue weighted by atomic mass is 19.1. The smallest absolute Gasteiger partial charge is 0.254 e. The summed E-state index contributed by atoms with van der Waals surface area (Å²) in [5.41, 5.74) is 0.572. The predicted octanol–water partition coefficient (Wildman–Crippen LogP) is 3.15. The Hall–Kier alpha value is -3.16. The Morgan fingerprint density at radius 1 is 1.10 bits per heavy atom. The Bertz CT molecular complexity index is 874. The van der Waals surface area contributed by atoms with Gasteiger partial charge in [0.25, 0.3) is 5.91 Å². The van der Waals surface area contributed by atoms with Crippen molar-refractivity contribution in [3.8, 4) is 11.5 Å². The average molecular weight is 406 g/mol. The first-order valence-electron chi connectivity index (χ1n) is 9.04. The molecule has 0 fully saturated rings. The zero-order valence-electron chi connectivity index (χ0n) is 16.6. The summed E-state index contributed by atoms with van der Waals surface area (Å²) in [5, 5.41) is 2.53. The van der Waals surface area contributed by atoms with Crippen LogP contribution in [0.15, 0.2) is 36.4 Å². The summed E-state index contributed by atoms with van der Waals surface area (Å²) in [6.45, 7) is 0.532. The number of rotatable bonds is 9. The van der Waals surface area contributed by atoms with Gasteiger partial charge in [-0.2, -0.15) is 0 Å². The van der Waals surface area contributed by atoms with E-state index in [2.05, 4.69) is 5.32 Å². The van der Waals surface area contributed by atoms with Crippen molar-refractivity contribution in [3.05, 3.63) is 59.2 Å². The molecule has 0 atom stereocenters. The van der Waals surface area contributed by atoms with Crippen LogP contribution in [0.25, 0.3) is 0 Å². The number of halogens is 2. The summed E-state index contributed by atoms with van der Waals surface area (Å²) in [5.74, 6) is -1.28. The summed E-state index contributed by atoms with van der Waals surface area (Å²) >= 11 is 0. The molecule has 0 aliphatic carbocycles. The van der Waals surface area contributed by atoms with E-state index in [1.165, 1.54) is 7.11 Å². The molecule has 29 heavy (non-hydrogen) atoms. The van der Waals surface area contributed by atoms with E-state index in [1.54, 1.807) is 25.1 Å². The second-order valence-corrected chi connectivity index (χ2v) is 6.39. The molecule has 2 aromatic carbocycles. The Labute approximate surface area is 168 Å². The third-order valence-corrected chi connectivity index (χ3v) is 4.35. The molecule has 0 saturated carbocycles. The quantitative estimate of drug-likeness (QED) is 0.650. The van der Waals surface area contributed by atoms with Gasteiger partial charge in [0.1, 0.15) is 11.6 Å². The third-order valence-electron chi connectivity index (χ3n) is 4.35. The molecular weight excluding hydrogens is 382 g/mol. The van der Waals surface area contributed by atoms with Gasteiger partial charge in [0, 0.05) is 38.2 Å². The fraction of sp³-hybridized carbons (Fsp3) is 0.333. The number of carbonyl (C=O) groups is 2. The Morgan fingerprint density at radius 2 is 1.86 bits per heavy atom. The van der Waals surface area contributed by atoms with Crippen molar-refractivity contribution in [2.45, 2.75) is 19.4 Å². The number of ether oxygens (including phenoxy) is 2. The van der Waals surface area contributed by atoms with Crippen LogP contribution in [-0.4, -0.2) is 44.5 Å². The normalized spacial score (nSPS) is 10.4. The van der Waals surface area contributed by atoms with Gasteiger partial charge >= 0.3 is 0 Å². The molecule has 156 valence electrons. The summed E-state index contributed by atoms with van der Waals surface area (Å²) in [6.07, 6.45) is 0.585. The Morgan fingerprint density at radius 3 is 2.52 bits per heavy atom. The molecule has 8 heteroatoms. The molecule has 0 aromatic heterocycles. The van der Waals surface area contributed by atoms with Gasteiger partial charge in [-0.05, 0) is 24.6 Å². The van der Waals surface area contributed by atoms with Crippen LogP contribution < -0.4 is 14.8 Å². The van der Waals surface area contributed by atoms with Crippen LogP contribution in [0.5, 0.6) is 11.5 Å². The second-order valence-electron chi connectivity index (χ2n) is 6.39. The van der Waals surface area contributed by atoms with Gasteiger partial charge in [-0.1, -0.05) is 12.1 Å². The fourth-order valence-corrected chi connectivity index (χ4v) is 2.82. The number of para-hydroxylation sites is 1. The minimum atomic E-state index is -0.925. The van der Waals surface area contributed by atoms with Gasteiger partial charge in [-0.25, -0.2) is 8.78 Å². The molecule has 0 heterocycles. The van der Waals surface area contributed by atoms with Crippen molar-refractivity contribution >= 4 is 11.8 Å². The number of benzene rings is 2. The fourth-order valence-electron chi connectivity index (χ4n) is 2.82. The van der Waals surface area contributed by atoms with Crippen molar-refractivity contribution in [2.75, 3.05) is 27.8 Å². The highest BCUT2D eigenvalue weighted by Gasteiger charge is 2.15. The minimum absolute atomic E-state index is 0.114. The van der Waals surface area contributed by atoms with E-state index in [0.29, 0.717) is 30.5 Å². The predicted molar refractivity (Wildman–Crippen MR) is 104 cm³/mol. The van der Waals surface area contributed by atoms with Crippen LogP contribution in [0.2, 0.25) is 0 Å². The summed E-state index contributed by atoms with van der Waals surface area (Å²) < 4.78 is 37.1. The highest BCUT2D eigenvalue weighted by Crippen LogP contribution is 2.31. The van der Waals surface area contributed by atoms with Crippen molar-refractivity contribution in [3.63, 3.8) is 0 Å². The molecular formula is C21H24F2N2O4. The lowest BCUT2D eigenvalue weighted by molar-refractivity contribution is -0.130. The largest absolute Gasteiger partial charge is 0.493 e. The molecule has 0 bridgehead atoms. The zero-order chi connectivity index (χ0) is 21.4. The van der Waals surface area contributed by atoms with E-state index in [-0.39, 0.29) is 24.4 Å². The van der Waals surface area contributed by atoms with E-state index in [4.69, 9.17) is 9.47 Å². The van der Waals surface area contributed by atoms with Crippen LogP contribution in [0.1, 0.15) is 28.8 Å². The zero-order valence-corrected chi connectivity index (χ0v) is 16.6. The molecule has 0 saturated heterocycles. The van der Waals surface area contributed by atoms with Gasteiger partial charge in [-0.3, -0.25) is 9.59 Å². The molecule has 2 aromatic rings. The highest BCUT2D eigenvalue weighted by molar-refractivity contribution is 5.94. The summed E-state index contributed by atoms with van der Waals surface area (Å²) in [7, 11) is 4.76. The maximum atomic E-state index is 13.6. The van der Waals surface area contributed by atoms with Crippen LogP contribution >= 0.6 is 0 Å².